The van der Waals surface area contributed by atoms with E-state index in [2.05, 4.69) is 101 Å². The van der Waals surface area contributed by atoms with Crippen LogP contribution in [-0.2, 0) is 13.5 Å². The Hall–Kier alpha value is -3.00. The standard InChI is InChI=1S/C28H31N2/c1-18(2)12-22-10-11-27(29-16-22)24-9-7-8-23-15-28(30(6)17-26(23)24)25-14-19(3)13-20(4)21(25)5/h7-11,13-18H,12H2,1-6H3/q+1. The molecule has 0 bridgehead atoms. The number of aryl methyl sites for hydroxylation is 3. The molecule has 0 spiro atoms. The van der Waals surface area contributed by atoms with E-state index in [1.807, 2.05) is 6.20 Å². The molecule has 0 N–H and O–H groups in total. The number of aromatic nitrogens is 2. The van der Waals surface area contributed by atoms with Gasteiger partial charge in [-0.05, 0) is 67.3 Å². The van der Waals surface area contributed by atoms with Gasteiger partial charge in [0.25, 0.3) is 0 Å². The largest absolute Gasteiger partial charge is 0.256 e. The van der Waals surface area contributed by atoms with Crippen molar-refractivity contribution >= 4 is 10.8 Å². The minimum atomic E-state index is 0.640. The van der Waals surface area contributed by atoms with Crippen molar-refractivity contribution in [3.8, 4) is 22.5 Å². The van der Waals surface area contributed by atoms with Gasteiger partial charge in [0.05, 0.1) is 11.1 Å². The number of rotatable bonds is 4. The summed E-state index contributed by atoms with van der Waals surface area (Å²) in [5.74, 6) is 0.640. The molecule has 2 heteroatoms. The highest BCUT2D eigenvalue weighted by atomic mass is 14.9. The molecule has 0 aliphatic rings. The van der Waals surface area contributed by atoms with Crippen LogP contribution < -0.4 is 4.57 Å². The third kappa shape index (κ3) is 3.87. The SMILES string of the molecule is Cc1cc(C)c(C)c(-c2cc3cccc(-c4ccc(CC(C)C)cn4)c3c[n+]2C)c1. The van der Waals surface area contributed by atoms with Crippen LogP contribution in [0.1, 0.15) is 36.1 Å². The van der Waals surface area contributed by atoms with E-state index in [1.54, 1.807) is 0 Å². The van der Waals surface area contributed by atoms with Crippen molar-refractivity contribution in [2.75, 3.05) is 0 Å². The molecule has 0 saturated carbocycles. The summed E-state index contributed by atoms with van der Waals surface area (Å²) in [6, 6.07) is 17.8. The van der Waals surface area contributed by atoms with Gasteiger partial charge in [-0.3, -0.25) is 4.98 Å². The first-order valence-corrected chi connectivity index (χ1v) is 10.8. The van der Waals surface area contributed by atoms with Crippen LogP contribution in [0.5, 0.6) is 0 Å². The smallest absolute Gasteiger partial charge is 0.213 e. The molecule has 152 valence electrons. The van der Waals surface area contributed by atoms with Crippen LogP contribution in [0, 0.1) is 26.7 Å². The van der Waals surface area contributed by atoms with E-state index in [9.17, 15) is 0 Å². The van der Waals surface area contributed by atoms with Crippen molar-refractivity contribution in [1.29, 1.82) is 0 Å². The molecule has 4 aromatic rings. The molecule has 0 aliphatic carbocycles. The van der Waals surface area contributed by atoms with E-state index in [4.69, 9.17) is 4.98 Å². The lowest BCUT2D eigenvalue weighted by atomic mass is 9.95. The van der Waals surface area contributed by atoms with Crippen molar-refractivity contribution < 1.29 is 4.57 Å². The lowest BCUT2D eigenvalue weighted by molar-refractivity contribution is -0.659. The average molecular weight is 396 g/mol. The van der Waals surface area contributed by atoms with Crippen LogP contribution in [-0.4, -0.2) is 4.98 Å². The highest BCUT2D eigenvalue weighted by Gasteiger charge is 2.17. The van der Waals surface area contributed by atoms with Crippen LogP contribution in [0.15, 0.2) is 60.9 Å². The molecule has 0 fully saturated rings. The van der Waals surface area contributed by atoms with E-state index >= 15 is 0 Å². The normalized spacial score (nSPS) is 11.4. The quantitative estimate of drug-likeness (QED) is 0.360. The number of benzene rings is 2. The van der Waals surface area contributed by atoms with Crippen LogP contribution in [0.4, 0.5) is 0 Å². The van der Waals surface area contributed by atoms with Crippen molar-refractivity contribution in [2.24, 2.45) is 13.0 Å². The number of fused-ring (bicyclic) bond motifs is 1. The number of hydrogen-bond donors (Lipinski definition) is 0. The van der Waals surface area contributed by atoms with Gasteiger partial charge < -0.3 is 0 Å². The molecular weight excluding hydrogens is 364 g/mol. The summed E-state index contributed by atoms with van der Waals surface area (Å²) >= 11 is 0. The van der Waals surface area contributed by atoms with Crippen LogP contribution in [0.25, 0.3) is 33.3 Å². The Kier molecular flexibility index (Phi) is 5.42. The lowest BCUT2D eigenvalue weighted by Gasteiger charge is -2.12. The fourth-order valence-corrected chi connectivity index (χ4v) is 4.34. The number of pyridine rings is 2. The van der Waals surface area contributed by atoms with Gasteiger partial charge in [0, 0.05) is 23.4 Å². The molecule has 2 aromatic carbocycles. The zero-order valence-corrected chi connectivity index (χ0v) is 19.0. The molecule has 30 heavy (non-hydrogen) atoms. The first kappa shape index (κ1) is 20.3. The first-order valence-electron chi connectivity index (χ1n) is 10.8. The Labute approximate surface area is 180 Å². The molecule has 0 unspecified atom stereocenters. The summed E-state index contributed by atoms with van der Waals surface area (Å²) in [5.41, 5.74) is 10.0. The minimum absolute atomic E-state index is 0.640. The predicted octanol–water partition coefficient (Wildman–Crippen LogP) is 6.52. The Bertz CT molecular complexity index is 1220. The zero-order valence-electron chi connectivity index (χ0n) is 19.0. The summed E-state index contributed by atoms with van der Waals surface area (Å²) in [4.78, 5) is 4.79. The maximum Gasteiger partial charge on any atom is 0.213 e. The molecule has 0 atom stereocenters. The lowest BCUT2D eigenvalue weighted by Crippen LogP contribution is -2.30. The molecule has 0 saturated heterocycles. The van der Waals surface area contributed by atoms with Crippen molar-refractivity contribution in [3.63, 3.8) is 0 Å². The average Bonchev–Trinajstić information content (AvgIpc) is 2.70. The van der Waals surface area contributed by atoms with E-state index in [1.165, 1.54) is 49.8 Å². The van der Waals surface area contributed by atoms with Gasteiger partial charge in [-0.25, -0.2) is 4.57 Å². The predicted molar refractivity (Wildman–Crippen MR) is 127 cm³/mol. The zero-order chi connectivity index (χ0) is 21.4. The van der Waals surface area contributed by atoms with Crippen LogP contribution in [0.3, 0.4) is 0 Å². The molecule has 0 aliphatic heterocycles. The van der Waals surface area contributed by atoms with E-state index in [0.717, 1.165) is 12.1 Å². The molecule has 2 heterocycles. The maximum atomic E-state index is 4.79. The summed E-state index contributed by atoms with van der Waals surface area (Å²) in [6.07, 6.45) is 5.35. The van der Waals surface area contributed by atoms with Gasteiger partial charge in [-0.2, -0.15) is 0 Å². The first-order chi connectivity index (χ1) is 14.3. The van der Waals surface area contributed by atoms with Gasteiger partial charge in [0.1, 0.15) is 7.05 Å². The summed E-state index contributed by atoms with van der Waals surface area (Å²) in [6.45, 7) is 11.1. The third-order valence-electron chi connectivity index (χ3n) is 5.97. The molecule has 2 aromatic heterocycles. The fourth-order valence-electron chi connectivity index (χ4n) is 4.34. The monoisotopic (exact) mass is 395 g/mol. The second kappa shape index (κ2) is 8.02. The fraction of sp³-hybridized carbons (Fsp3) is 0.286. The van der Waals surface area contributed by atoms with E-state index in [-0.39, 0.29) is 0 Å². The maximum absolute atomic E-state index is 4.79. The number of nitrogens with zero attached hydrogens (tertiary/aromatic N) is 2. The highest BCUT2D eigenvalue weighted by Crippen LogP contribution is 2.31. The second-order valence-electron chi connectivity index (χ2n) is 8.98. The minimum Gasteiger partial charge on any atom is -0.256 e. The highest BCUT2D eigenvalue weighted by molar-refractivity contribution is 5.96. The Balaban J connectivity index is 1.83. The summed E-state index contributed by atoms with van der Waals surface area (Å²) in [7, 11) is 2.14. The van der Waals surface area contributed by atoms with E-state index in [0.29, 0.717) is 5.92 Å². The third-order valence-corrected chi connectivity index (χ3v) is 5.97. The number of hydrogen-bond acceptors (Lipinski definition) is 1. The van der Waals surface area contributed by atoms with Crippen molar-refractivity contribution in [2.45, 2.75) is 41.0 Å². The van der Waals surface area contributed by atoms with E-state index < -0.39 is 0 Å². The molecule has 2 nitrogen and oxygen atoms in total. The van der Waals surface area contributed by atoms with Crippen LogP contribution in [0.2, 0.25) is 0 Å². The summed E-state index contributed by atoms with van der Waals surface area (Å²) in [5, 5.41) is 2.47. The molecule has 0 amide bonds. The van der Waals surface area contributed by atoms with Gasteiger partial charge in [-0.1, -0.05) is 49.7 Å². The van der Waals surface area contributed by atoms with Crippen molar-refractivity contribution in [3.05, 3.63) is 83.2 Å². The molecular formula is C28H31N2+. The van der Waals surface area contributed by atoms with Crippen LogP contribution >= 0.6 is 0 Å². The Morgan fingerprint density at radius 1 is 0.933 bits per heavy atom. The Morgan fingerprint density at radius 3 is 2.43 bits per heavy atom. The van der Waals surface area contributed by atoms with Gasteiger partial charge >= 0.3 is 0 Å². The van der Waals surface area contributed by atoms with Crippen molar-refractivity contribution in [1.82, 2.24) is 4.98 Å². The van der Waals surface area contributed by atoms with Gasteiger partial charge in [0.15, 0.2) is 6.20 Å². The molecule has 4 rings (SSSR count). The topological polar surface area (TPSA) is 16.8 Å². The van der Waals surface area contributed by atoms with Gasteiger partial charge in [-0.15, -0.1) is 0 Å². The second-order valence-corrected chi connectivity index (χ2v) is 8.98. The molecule has 0 radical (unpaired) electrons. The summed E-state index contributed by atoms with van der Waals surface area (Å²) < 4.78 is 2.25. The Morgan fingerprint density at radius 2 is 1.73 bits per heavy atom. The van der Waals surface area contributed by atoms with Gasteiger partial charge in [0.2, 0.25) is 5.69 Å².